The van der Waals surface area contributed by atoms with E-state index in [9.17, 15) is 13.5 Å². The summed E-state index contributed by atoms with van der Waals surface area (Å²) < 4.78 is 24.6. The number of rotatable bonds is 4. The molecule has 5 nitrogen and oxygen atoms in total. The fourth-order valence-electron chi connectivity index (χ4n) is 2.30. The summed E-state index contributed by atoms with van der Waals surface area (Å²) in [5.41, 5.74) is 1.53. The van der Waals surface area contributed by atoms with Gasteiger partial charge in [0, 0.05) is 17.4 Å². The van der Waals surface area contributed by atoms with Crippen molar-refractivity contribution in [2.45, 2.75) is 37.8 Å². The van der Waals surface area contributed by atoms with E-state index in [1.165, 1.54) is 0 Å². The molecule has 0 radical (unpaired) electrons. The van der Waals surface area contributed by atoms with E-state index in [1.54, 1.807) is 12.1 Å². The lowest BCUT2D eigenvalue weighted by Crippen LogP contribution is -2.28. The Morgan fingerprint density at radius 2 is 1.58 bits per heavy atom. The van der Waals surface area contributed by atoms with Crippen molar-refractivity contribution in [3.05, 3.63) is 24.3 Å². The van der Waals surface area contributed by atoms with E-state index in [1.807, 2.05) is 12.1 Å². The Morgan fingerprint density at radius 1 is 1.05 bits per heavy atom. The molecule has 0 heterocycles. The number of hydrogen-bond donors (Lipinski definition) is 3. The van der Waals surface area contributed by atoms with Crippen LogP contribution in [-0.4, -0.2) is 31.9 Å². The van der Waals surface area contributed by atoms with Crippen molar-refractivity contribution < 1.29 is 13.5 Å². The van der Waals surface area contributed by atoms with Crippen LogP contribution in [0.3, 0.4) is 0 Å². The summed E-state index contributed by atoms with van der Waals surface area (Å²) in [4.78, 5) is 0. The minimum absolute atomic E-state index is 0.153. The Morgan fingerprint density at radius 3 is 2.11 bits per heavy atom. The Labute approximate surface area is 114 Å². The number of anilines is 2. The van der Waals surface area contributed by atoms with E-state index in [4.69, 9.17) is 0 Å². The molecule has 2 rings (SSSR count). The topological polar surface area (TPSA) is 78.4 Å². The van der Waals surface area contributed by atoms with Crippen LogP contribution in [0.1, 0.15) is 25.7 Å². The van der Waals surface area contributed by atoms with Gasteiger partial charge in [-0.1, -0.05) is 0 Å². The van der Waals surface area contributed by atoms with Crippen LogP contribution in [0.2, 0.25) is 0 Å². The van der Waals surface area contributed by atoms with Crippen molar-refractivity contribution in [1.82, 2.24) is 0 Å². The molecule has 1 aliphatic rings. The number of aliphatic hydroxyl groups is 1. The first kappa shape index (κ1) is 14.1. The molecule has 0 atom stereocenters. The van der Waals surface area contributed by atoms with Gasteiger partial charge in [-0.3, -0.25) is 4.72 Å². The summed E-state index contributed by atoms with van der Waals surface area (Å²) in [6.07, 6.45) is 4.58. The Bertz CT molecular complexity index is 505. The van der Waals surface area contributed by atoms with E-state index >= 15 is 0 Å². The summed E-state index contributed by atoms with van der Waals surface area (Å²) in [6, 6.07) is 7.58. The summed E-state index contributed by atoms with van der Waals surface area (Å²) >= 11 is 0. The molecule has 0 spiro atoms. The molecule has 0 aliphatic heterocycles. The second kappa shape index (κ2) is 5.79. The quantitative estimate of drug-likeness (QED) is 0.787. The first-order chi connectivity index (χ1) is 8.92. The predicted molar refractivity (Wildman–Crippen MR) is 76.8 cm³/mol. The van der Waals surface area contributed by atoms with Gasteiger partial charge >= 0.3 is 0 Å². The largest absolute Gasteiger partial charge is 0.393 e. The molecular weight excluding hydrogens is 264 g/mol. The van der Waals surface area contributed by atoms with Crippen LogP contribution in [0.5, 0.6) is 0 Å². The number of aliphatic hydroxyl groups excluding tert-OH is 1. The standard InChI is InChI=1S/C13H20N2O3S/c1-19(17,18)15-12-4-2-10(3-5-12)14-11-6-8-13(16)9-7-11/h2-5,11,13-16H,6-9H2,1H3. The smallest absolute Gasteiger partial charge is 0.229 e. The molecule has 19 heavy (non-hydrogen) atoms. The van der Waals surface area contributed by atoms with Gasteiger partial charge < -0.3 is 10.4 Å². The lowest BCUT2D eigenvalue weighted by Gasteiger charge is -2.27. The van der Waals surface area contributed by atoms with Crippen LogP contribution in [0, 0.1) is 0 Å². The van der Waals surface area contributed by atoms with Crippen LogP contribution in [-0.2, 0) is 10.0 Å². The van der Waals surface area contributed by atoms with Gasteiger partial charge in [-0.25, -0.2) is 8.42 Å². The maximum atomic E-state index is 11.1. The van der Waals surface area contributed by atoms with Crippen molar-refractivity contribution in [2.24, 2.45) is 0 Å². The molecule has 0 aromatic heterocycles. The van der Waals surface area contributed by atoms with Crippen LogP contribution in [0.25, 0.3) is 0 Å². The monoisotopic (exact) mass is 284 g/mol. The molecular formula is C13H20N2O3S. The molecule has 1 fully saturated rings. The highest BCUT2D eigenvalue weighted by molar-refractivity contribution is 7.92. The number of hydrogen-bond acceptors (Lipinski definition) is 4. The minimum Gasteiger partial charge on any atom is -0.393 e. The van der Waals surface area contributed by atoms with Gasteiger partial charge in [0.25, 0.3) is 0 Å². The second-order valence-corrected chi connectivity index (χ2v) is 6.85. The molecule has 1 aromatic carbocycles. The fourth-order valence-corrected chi connectivity index (χ4v) is 2.87. The second-order valence-electron chi connectivity index (χ2n) is 5.10. The highest BCUT2D eigenvalue weighted by Crippen LogP contribution is 2.23. The molecule has 0 unspecified atom stereocenters. The summed E-state index contributed by atoms with van der Waals surface area (Å²) in [5.74, 6) is 0. The predicted octanol–water partition coefficient (Wildman–Crippen LogP) is 1.77. The first-order valence-corrected chi connectivity index (χ1v) is 8.34. The average molecular weight is 284 g/mol. The van der Waals surface area contributed by atoms with Crippen molar-refractivity contribution in [1.29, 1.82) is 0 Å². The first-order valence-electron chi connectivity index (χ1n) is 6.45. The molecule has 3 N–H and O–H groups in total. The third kappa shape index (κ3) is 4.72. The zero-order valence-electron chi connectivity index (χ0n) is 11.0. The van der Waals surface area contributed by atoms with Crippen LogP contribution < -0.4 is 10.0 Å². The number of sulfonamides is 1. The summed E-state index contributed by atoms with van der Waals surface area (Å²) in [6.45, 7) is 0. The van der Waals surface area contributed by atoms with Gasteiger partial charge in [0.15, 0.2) is 0 Å². The molecule has 0 saturated heterocycles. The van der Waals surface area contributed by atoms with E-state index in [2.05, 4.69) is 10.0 Å². The SMILES string of the molecule is CS(=O)(=O)Nc1ccc(NC2CCC(O)CC2)cc1. The molecule has 106 valence electrons. The lowest BCUT2D eigenvalue weighted by molar-refractivity contribution is 0.126. The van der Waals surface area contributed by atoms with E-state index in [-0.39, 0.29) is 6.10 Å². The van der Waals surface area contributed by atoms with Crippen LogP contribution >= 0.6 is 0 Å². The van der Waals surface area contributed by atoms with Crippen molar-refractivity contribution in [2.75, 3.05) is 16.3 Å². The average Bonchev–Trinajstić information content (AvgIpc) is 2.33. The van der Waals surface area contributed by atoms with Gasteiger partial charge in [0.1, 0.15) is 0 Å². The zero-order chi connectivity index (χ0) is 13.9. The third-order valence-electron chi connectivity index (χ3n) is 3.26. The lowest BCUT2D eigenvalue weighted by atomic mass is 9.93. The fraction of sp³-hybridized carbons (Fsp3) is 0.538. The third-order valence-corrected chi connectivity index (χ3v) is 3.86. The highest BCUT2D eigenvalue weighted by Gasteiger charge is 2.18. The normalized spacial score (nSPS) is 23.9. The van der Waals surface area contributed by atoms with Crippen molar-refractivity contribution in [3.63, 3.8) is 0 Å². The maximum Gasteiger partial charge on any atom is 0.229 e. The summed E-state index contributed by atoms with van der Waals surface area (Å²) in [5, 5.41) is 12.8. The minimum atomic E-state index is -3.22. The Balaban J connectivity index is 1.92. The van der Waals surface area contributed by atoms with Crippen LogP contribution in [0.4, 0.5) is 11.4 Å². The number of benzene rings is 1. The van der Waals surface area contributed by atoms with Gasteiger partial charge in [0.05, 0.1) is 12.4 Å². The maximum absolute atomic E-state index is 11.1. The molecule has 1 saturated carbocycles. The van der Waals surface area contributed by atoms with Gasteiger partial charge in [-0.15, -0.1) is 0 Å². The van der Waals surface area contributed by atoms with Crippen LogP contribution in [0.15, 0.2) is 24.3 Å². The number of nitrogens with one attached hydrogen (secondary N) is 2. The molecule has 1 aromatic rings. The van der Waals surface area contributed by atoms with Crippen molar-refractivity contribution >= 4 is 21.4 Å². The van der Waals surface area contributed by atoms with E-state index in [0.29, 0.717) is 11.7 Å². The van der Waals surface area contributed by atoms with E-state index < -0.39 is 10.0 Å². The summed E-state index contributed by atoms with van der Waals surface area (Å²) in [7, 11) is -3.22. The van der Waals surface area contributed by atoms with E-state index in [0.717, 1.165) is 37.6 Å². The van der Waals surface area contributed by atoms with Gasteiger partial charge in [-0.05, 0) is 49.9 Å². The molecule has 1 aliphatic carbocycles. The highest BCUT2D eigenvalue weighted by atomic mass is 32.2. The van der Waals surface area contributed by atoms with Crippen molar-refractivity contribution in [3.8, 4) is 0 Å². The molecule has 0 bridgehead atoms. The zero-order valence-corrected chi connectivity index (χ0v) is 11.8. The Hall–Kier alpha value is -1.27. The molecule has 0 amide bonds. The van der Waals surface area contributed by atoms with Gasteiger partial charge in [-0.2, -0.15) is 0 Å². The Kier molecular flexibility index (Phi) is 4.31. The van der Waals surface area contributed by atoms with Gasteiger partial charge in [0.2, 0.25) is 10.0 Å². The molecule has 6 heteroatoms.